The molecule has 0 aliphatic heterocycles. The zero-order valence-corrected chi connectivity index (χ0v) is 15.2. The van der Waals surface area contributed by atoms with Crippen LogP contribution in [0, 0.1) is 11.3 Å². The molecule has 0 aliphatic rings. The highest BCUT2D eigenvalue weighted by Crippen LogP contribution is 2.27. The molecular formula is C18H13ClN4O2S. The molecule has 1 aromatic heterocycles. The number of thioether (sulfide) groups is 1. The first kappa shape index (κ1) is 18.0. The highest BCUT2D eigenvalue weighted by molar-refractivity contribution is 8.00. The van der Waals surface area contributed by atoms with Crippen LogP contribution in [0.5, 0.6) is 0 Å². The Hall–Kier alpha value is -2.82. The van der Waals surface area contributed by atoms with Crippen molar-refractivity contribution in [1.29, 1.82) is 5.26 Å². The van der Waals surface area contributed by atoms with Gasteiger partial charge in [-0.25, -0.2) is 0 Å². The van der Waals surface area contributed by atoms with E-state index in [-0.39, 0.29) is 5.91 Å². The Morgan fingerprint density at radius 3 is 2.54 bits per heavy atom. The second-order valence-corrected chi connectivity index (χ2v) is 7.05. The second kappa shape index (κ2) is 8.04. The van der Waals surface area contributed by atoms with E-state index in [4.69, 9.17) is 21.3 Å². The summed E-state index contributed by atoms with van der Waals surface area (Å²) in [5.41, 5.74) is 1.91. The molecular weight excluding hydrogens is 372 g/mol. The summed E-state index contributed by atoms with van der Waals surface area (Å²) in [5, 5.41) is 20.0. The maximum atomic E-state index is 12.3. The van der Waals surface area contributed by atoms with Crippen LogP contribution < -0.4 is 5.32 Å². The molecule has 0 radical (unpaired) electrons. The number of hydrogen-bond acceptors (Lipinski definition) is 6. The lowest BCUT2D eigenvalue weighted by Crippen LogP contribution is -2.22. The number of carbonyl (C=O) groups excluding carboxylic acids is 1. The number of amides is 1. The minimum Gasteiger partial charge on any atom is -0.411 e. The van der Waals surface area contributed by atoms with E-state index >= 15 is 0 Å². The van der Waals surface area contributed by atoms with E-state index in [9.17, 15) is 4.79 Å². The number of hydrogen-bond donors (Lipinski definition) is 1. The van der Waals surface area contributed by atoms with Gasteiger partial charge in [0.05, 0.1) is 16.9 Å². The first-order valence-electron chi connectivity index (χ1n) is 7.62. The van der Waals surface area contributed by atoms with E-state index in [1.165, 1.54) is 11.8 Å². The maximum absolute atomic E-state index is 12.3. The zero-order valence-electron chi connectivity index (χ0n) is 13.6. The first-order chi connectivity index (χ1) is 12.5. The van der Waals surface area contributed by atoms with Crippen LogP contribution in [-0.4, -0.2) is 21.4 Å². The van der Waals surface area contributed by atoms with Crippen molar-refractivity contribution >= 4 is 35.0 Å². The van der Waals surface area contributed by atoms with E-state index < -0.39 is 5.25 Å². The van der Waals surface area contributed by atoms with Gasteiger partial charge in [-0.15, -0.1) is 10.2 Å². The van der Waals surface area contributed by atoms with Crippen LogP contribution in [0.4, 0.5) is 5.69 Å². The Kier molecular flexibility index (Phi) is 5.56. The van der Waals surface area contributed by atoms with Crippen molar-refractivity contribution in [1.82, 2.24) is 10.2 Å². The fourth-order valence-electron chi connectivity index (χ4n) is 2.04. The molecule has 1 heterocycles. The summed E-state index contributed by atoms with van der Waals surface area (Å²) in [7, 11) is 0. The Bertz CT molecular complexity index is 949. The van der Waals surface area contributed by atoms with Crippen LogP contribution in [0.1, 0.15) is 12.5 Å². The predicted octanol–water partition coefficient (Wildman–Crippen LogP) is 4.38. The van der Waals surface area contributed by atoms with Gasteiger partial charge in [-0.05, 0) is 55.5 Å². The fraction of sp³-hybridized carbons (Fsp3) is 0.111. The molecule has 0 fully saturated rings. The van der Waals surface area contributed by atoms with E-state index in [1.807, 2.05) is 6.07 Å². The monoisotopic (exact) mass is 384 g/mol. The summed E-state index contributed by atoms with van der Waals surface area (Å²) < 4.78 is 5.59. The molecule has 0 aliphatic carbocycles. The Balaban J connectivity index is 1.62. The third-order valence-corrected chi connectivity index (χ3v) is 4.61. The molecule has 0 spiro atoms. The van der Waals surface area contributed by atoms with Crippen molar-refractivity contribution in [2.75, 3.05) is 5.32 Å². The minimum atomic E-state index is -0.441. The summed E-state index contributed by atoms with van der Waals surface area (Å²) in [4.78, 5) is 12.3. The van der Waals surface area contributed by atoms with Gasteiger partial charge in [0.2, 0.25) is 11.8 Å². The van der Waals surface area contributed by atoms with Crippen molar-refractivity contribution in [3.05, 3.63) is 59.1 Å². The molecule has 0 saturated heterocycles. The van der Waals surface area contributed by atoms with Crippen LogP contribution in [0.2, 0.25) is 5.02 Å². The van der Waals surface area contributed by atoms with Crippen molar-refractivity contribution in [3.8, 4) is 17.5 Å². The highest BCUT2D eigenvalue weighted by atomic mass is 35.5. The molecule has 1 amide bonds. The van der Waals surface area contributed by atoms with Gasteiger partial charge >= 0.3 is 0 Å². The van der Waals surface area contributed by atoms with Gasteiger partial charge in [0.25, 0.3) is 5.22 Å². The molecule has 8 heteroatoms. The number of nitriles is 1. The molecule has 3 rings (SSSR count). The second-order valence-electron chi connectivity index (χ2n) is 5.32. The molecule has 0 unspecified atom stereocenters. The molecule has 6 nitrogen and oxygen atoms in total. The lowest BCUT2D eigenvalue weighted by atomic mass is 10.2. The normalized spacial score (nSPS) is 11.6. The van der Waals surface area contributed by atoms with Gasteiger partial charge in [0.1, 0.15) is 0 Å². The first-order valence-corrected chi connectivity index (χ1v) is 8.88. The van der Waals surface area contributed by atoms with E-state index in [1.54, 1.807) is 55.5 Å². The summed E-state index contributed by atoms with van der Waals surface area (Å²) in [5.74, 6) is 0.162. The van der Waals surface area contributed by atoms with Gasteiger partial charge in [0, 0.05) is 16.3 Å². The van der Waals surface area contributed by atoms with Crippen molar-refractivity contribution in [2.45, 2.75) is 17.4 Å². The molecule has 26 heavy (non-hydrogen) atoms. The smallest absolute Gasteiger partial charge is 0.277 e. The maximum Gasteiger partial charge on any atom is 0.277 e. The number of rotatable bonds is 5. The molecule has 2 aromatic carbocycles. The van der Waals surface area contributed by atoms with Crippen LogP contribution in [-0.2, 0) is 4.79 Å². The Morgan fingerprint density at radius 1 is 1.19 bits per heavy atom. The average molecular weight is 385 g/mol. The molecule has 130 valence electrons. The summed E-state index contributed by atoms with van der Waals surface area (Å²) in [6.07, 6.45) is 0. The summed E-state index contributed by atoms with van der Waals surface area (Å²) >= 11 is 7.03. The van der Waals surface area contributed by atoms with Crippen LogP contribution in [0.25, 0.3) is 11.5 Å². The van der Waals surface area contributed by atoms with E-state index in [0.717, 1.165) is 5.56 Å². The van der Waals surface area contributed by atoms with Gasteiger partial charge in [-0.1, -0.05) is 23.4 Å². The summed E-state index contributed by atoms with van der Waals surface area (Å²) in [6, 6.07) is 15.7. The van der Waals surface area contributed by atoms with Gasteiger partial charge in [-0.3, -0.25) is 4.79 Å². The third kappa shape index (κ3) is 4.42. The number of halogens is 1. The van der Waals surface area contributed by atoms with E-state index in [0.29, 0.717) is 27.4 Å². The number of nitrogens with zero attached hydrogens (tertiary/aromatic N) is 3. The van der Waals surface area contributed by atoms with Crippen LogP contribution in [0.3, 0.4) is 0 Å². The number of anilines is 1. The number of aromatic nitrogens is 2. The Morgan fingerprint density at radius 2 is 1.88 bits per heavy atom. The molecule has 0 saturated carbocycles. The lowest BCUT2D eigenvalue weighted by molar-refractivity contribution is -0.115. The van der Waals surface area contributed by atoms with Gasteiger partial charge < -0.3 is 9.73 Å². The third-order valence-electron chi connectivity index (χ3n) is 3.43. The number of carbonyl (C=O) groups is 1. The van der Waals surface area contributed by atoms with Crippen LogP contribution in [0.15, 0.2) is 58.2 Å². The molecule has 0 bridgehead atoms. The number of nitrogens with one attached hydrogen (secondary N) is 1. The van der Waals surface area contributed by atoms with E-state index in [2.05, 4.69) is 15.5 Å². The molecule has 1 N–H and O–H groups in total. The Labute approximate surface area is 159 Å². The number of benzene rings is 2. The highest BCUT2D eigenvalue weighted by Gasteiger charge is 2.19. The summed E-state index contributed by atoms with van der Waals surface area (Å²) in [6.45, 7) is 1.75. The van der Waals surface area contributed by atoms with Crippen molar-refractivity contribution < 1.29 is 9.21 Å². The lowest BCUT2D eigenvalue weighted by Gasteiger charge is -2.09. The molecule has 3 aromatic rings. The largest absolute Gasteiger partial charge is 0.411 e. The quantitative estimate of drug-likeness (QED) is 0.656. The minimum absolute atomic E-state index is 0.203. The van der Waals surface area contributed by atoms with Gasteiger partial charge in [0.15, 0.2) is 0 Å². The molecule has 1 atom stereocenters. The van der Waals surface area contributed by atoms with Gasteiger partial charge in [-0.2, -0.15) is 5.26 Å². The van der Waals surface area contributed by atoms with Crippen molar-refractivity contribution in [2.24, 2.45) is 0 Å². The predicted molar refractivity (Wildman–Crippen MR) is 99.8 cm³/mol. The SMILES string of the molecule is C[C@@H](Sc1nnc(-c2ccc(Cl)cc2)o1)C(=O)Nc1ccc(C#N)cc1. The zero-order chi connectivity index (χ0) is 18.5. The topological polar surface area (TPSA) is 91.8 Å². The fourth-order valence-corrected chi connectivity index (χ4v) is 2.85. The van der Waals surface area contributed by atoms with Crippen molar-refractivity contribution in [3.63, 3.8) is 0 Å². The standard InChI is InChI=1S/C18H13ClN4O2S/c1-11(16(24)21-15-8-2-12(10-20)3-9-15)26-18-23-22-17(25-18)13-4-6-14(19)7-5-13/h2-9,11H,1H3,(H,21,24)/t11-/m1/s1. The van der Waals surface area contributed by atoms with Crippen LogP contribution >= 0.6 is 23.4 Å². The average Bonchev–Trinajstić information content (AvgIpc) is 3.11.